The molecule has 1 aromatic heterocycles. The molecule has 0 amide bonds. The molecule has 1 fully saturated rings. The van der Waals surface area contributed by atoms with Crippen LogP contribution in [-0.4, -0.2) is 46.2 Å². The van der Waals surface area contributed by atoms with Gasteiger partial charge in [0.15, 0.2) is 6.10 Å². The second-order valence-corrected chi connectivity index (χ2v) is 7.40. The lowest BCUT2D eigenvalue weighted by Crippen LogP contribution is -2.44. The van der Waals surface area contributed by atoms with Crippen LogP contribution in [0.25, 0.3) is 0 Å². The molecule has 2 heterocycles. The number of carbonyl (C=O) groups is 2. The smallest absolute Gasteiger partial charge is 0.351 e. The van der Waals surface area contributed by atoms with E-state index in [1.54, 1.807) is 36.4 Å². The Kier molecular flexibility index (Phi) is 6.37. The summed E-state index contributed by atoms with van der Waals surface area (Å²) >= 11 is 0. The predicted octanol–water partition coefficient (Wildman–Crippen LogP) is 2.44. The Morgan fingerprint density at radius 3 is 2.18 bits per heavy atom. The Balaban J connectivity index is 1.61. The topological polar surface area (TPSA) is 123 Å². The molecule has 0 saturated carbocycles. The maximum atomic E-state index is 15.5. The molecule has 34 heavy (non-hydrogen) atoms. The third-order valence-electron chi connectivity index (χ3n) is 5.09. The third-order valence-corrected chi connectivity index (χ3v) is 5.09. The molecule has 3 atom stereocenters. The van der Waals surface area contributed by atoms with Crippen LogP contribution in [-0.2, 0) is 14.2 Å². The quantitative estimate of drug-likeness (QED) is 0.541. The summed E-state index contributed by atoms with van der Waals surface area (Å²) < 4.78 is 47.1. The van der Waals surface area contributed by atoms with Gasteiger partial charge < -0.3 is 19.9 Å². The molecule has 0 radical (unpaired) electrons. The lowest BCUT2D eigenvalue weighted by Gasteiger charge is -2.24. The molecule has 1 saturated heterocycles. The van der Waals surface area contributed by atoms with Crippen LogP contribution in [0.1, 0.15) is 26.9 Å². The molecule has 11 heteroatoms. The van der Waals surface area contributed by atoms with E-state index in [0.717, 1.165) is 12.3 Å². The van der Waals surface area contributed by atoms with Crippen LogP contribution in [0.2, 0.25) is 0 Å². The Morgan fingerprint density at radius 1 is 1.00 bits per heavy atom. The Hall–Kier alpha value is -4.12. The first-order valence-corrected chi connectivity index (χ1v) is 10.1. The van der Waals surface area contributed by atoms with Crippen LogP contribution in [0.4, 0.5) is 14.6 Å². The minimum absolute atomic E-state index is 0.0353. The monoisotopic (exact) mass is 474 g/mol. The van der Waals surface area contributed by atoms with Crippen LogP contribution < -0.4 is 11.4 Å². The number of hydrogen-bond donors (Lipinski definition) is 1. The van der Waals surface area contributed by atoms with Crippen molar-refractivity contribution in [1.82, 2.24) is 9.55 Å². The number of nitrogens with two attached hydrogens (primary N) is 1. The highest BCUT2D eigenvalue weighted by atomic mass is 19.3. The highest BCUT2D eigenvalue weighted by Gasteiger charge is 2.62. The molecule has 0 spiro atoms. The maximum absolute atomic E-state index is 15.5. The van der Waals surface area contributed by atoms with E-state index in [4.69, 9.17) is 19.9 Å². The summed E-state index contributed by atoms with van der Waals surface area (Å²) in [7, 11) is 0. The van der Waals surface area contributed by atoms with Crippen molar-refractivity contribution in [2.45, 2.75) is 24.4 Å². The van der Waals surface area contributed by atoms with Crippen molar-refractivity contribution in [3.8, 4) is 0 Å². The van der Waals surface area contributed by atoms with Gasteiger partial charge in [0.25, 0.3) is 0 Å². The molecule has 0 aliphatic carbocycles. The van der Waals surface area contributed by atoms with Gasteiger partial charge in [-0.2, -0.15) is 13.8 Å². The second kappa shape index (κ2) is 9.40. The molecular formula is C23H19F2N3O6. The van der Waals surface area contributed by atoms with Crippen molar-refractivity contribution in [2.24, 2.45) is 0 Å². The number of anilines is 1. The van der Waals surface area contributed by atoms with Crippen molar-refractivity contribution in [3.63, 3.8) is 0 Å². The van der Waals surface area contributed by atoms with E-state index in [-0.39, 0.29) is 16.9 Å². The molecule has 4 rings (SSSR count). The van der Waals surface area contributed by atoms with E-state index in [0.29, 0.717) is 4.57 Å². The predicted molar refractivity (Wildman–Crippen MR) is 114 cm³/mol. The van der Waals surface area contributed by atoms with Crippen molar-refractivity contribution < 1.29 is 32.6 Å². The number of hydrogen-bond acceptors (Lipinski definition) is 8. The molecule has 2 aromatic carbocycles. The van der Waals surface area contributed by atoms with E-state index >= 15 is 8.78 Å². The molecule has 1 aliphatic rings. The lowest BCUT2D eigenvalue weighted by molar-refractivity contribution is -0.142. The number of aromatic nitrogens is 2. The van der Waals surface area contributed by atoms with E-state index in [1.807, 2.05) is 0 Å². The van der Waals surface area contributed by atoms with Gasteiger partial charge in [-0.15, -0.1) is 0 Å². The standard InChI is InChI=1S/C23H19F2N3O6/c24-23(25)18(34-20(30)15-9-5-2-6-10-15)16(13-32-19(29)14-7-3-1-4-8-14)33-21(23)28-12-11-17(26)27-22(28)31/h1-12,16,18,21H,13H2,(H2,26,27,31)/t16-,18-,21?/m1/s1/i22+1,27+1,28+1. The number of nitrogens with zero attached hydrogens (tertiary/aromatic N) is 2. The number of benzene rings is 2. The number of nitrogen functional groups attached to an aromatic ring is 1. The van der Waals surface area contributed by atoms with E-state index < -0.39 is 48.6 Å². The first kappa shape index (κ1) is 23.1. The number of rotatable bonds is 6. The summed E-state index contributed by atoms with van der Waals surface area (Å²) in [6.07, 6.45) is -4.93. The fourth-order valence-corrected chi connectivity index (χ4v) is 3.43. The number of esters is 2. The van der Waals surface area contributed by atoms with E-state index in [2.05, 4.69) is 4.98 Å². The van der Waals surface area contributed by atoms with Gasteiger partial charge in [-0.25, -0.2) is 14.4 Å². The average molecular weight is 474 g/mol. The van der Waals surface area contributed by atoms with E-state index in [1.165, 1.54) is 24.3 Å². The fourth-order valence-electron chi connectivity index (χ4n) is 3.43. The largest absolute Gasteiger partial charge is 0.459 e. The zero-order valence-corrected chi connectivity index (χ0v) is 17.5. The van der Waals surface area contributed by atoms with Gasteiger partial charge in [-0.05, 0) is 30.3 Å². The molecule has 1 unspecified atom stereocenters. The summed E-state index contributed by atoms with van der Waals surface area (Å²) in [6.45, 7) is -0.663. The van der Waals surface area contributed by atoms with Crippen LogP contribution in [0.3, 0.4) is 0 Å². The highest BCUT2D eigenvalue weighted by Crippen LogP contribution is 2.44. The summed E-state index contributed by atoms with van der Waals surface area (Å²) in [5, 5.41) is 0. The summed E-state index contributed by atoms with van der Waals surface area (Å²) in [4.78, 5) is 40.5. The minimum Gasteiger partial charge on any atom is -0.459 e. The number of alkyl halides is 2. The molecule has 9 nitrogen and oxygen atoms in total. The molecule has 3 aromatic rings. The zero-order chi connectivity index (χ0) is 24.3. The first-order chi connectivity index (χ1) is 16.3. The van der Waals surface area contributed by atoms with Crippen LogP contribution in [0.15, 0.2) is 77.7 Å². The van der Waals surface area contributed by atoms with Gasteiger partial charge in [-0.1, -0.05) is 36.4 Å². The Morgan fingerprint density at radius 2 is 1.59 bits per heavy atom. The van der Waals surface area contributed by atoms with Gasteiger partial charge in [0.05, 0.1) is 11.1 Å². The van der Waals surface area contributed by atoms with Gasteiger partial charge in [0.2, 0.25) is 6.23 Å². The maximum Gasteiger partial charge on any atom is 0.351 e. The van der Waals surface area contributed by atoms with Crippen LogP contribution in [0, 0.1) is 0 Å². The molecular weight excluding hydrogens is 455 g/mol. The van der Waals surface area contributed by atoms with Crippen molar-refractivity contribution >= 4 is 17.8 Å². The first-order valence-electron chi connectivity index (χ1n) is 10.1. The summed E-state index contributed by atoms with van der Waals surface area (Å²) in [5.41, 5.74) is 4.58. The van der Waals surface area contributed by atoms with E-state index in [9.17, 15) is 14.4 Å². The summed E-state index contributed by atoms with van der Waals surface area (Å²) in [6, 6.07) is 16.6. The van der Waals surface area contributed by atoms with Gasteiger partial charge in [-0.3, -0.25) is 4.57 Å². The molecule has 2 N–H and O–H groups in total. The molecule has 0 bridgehead atoms. The third kappa shape index (κ3) is 4.64. The number of ether oxygens (including phenoxy) is 3. The zero-order valence-electron chi connectivity index (χ0n) is 17.5. The number of carbonyl (C=O) groups excluding carboxylic acids is 2. The van der Waals surface area contributed by atoms with Crippen LogP contribution in [0.5, 0.6) is 0 Å². The van der Waals surface area contributed by atoms with Crippen LogP contribution >= 0.6 is 0 Å². The molecule has 176 valence electrons. The minimum atomic E-state index is -3.88. The normalized spacial score (nSPS) is 21.1. The average Bonchev–Trinajstić information content (AvgIpc) is 3.08. The van der Waals surface area contributed by atoms with Gasteiger partial charge >= 0.3 is 23.6 Å². The molecule has 1 aliphatic heterocycles. The number of halogens is 2. The lowest BCUT2D eigenvalue weighted by atomic mass is 10.1. The van der Waals surface area contributed by atoms with Crippen molar-refractivity contribution in [2.75, 3.05) is 12.3 Å². The Labute approximate surface area is 191 Å². The second-order valence-electron chi connectivity index (χ2n) is 7.40. The Bertz CT molecular complexity index is 1240. The van der Waals surface area contributed by atoms with Gasteiger partial charge in [0, 0.05) is 6.20 Å². The van der Waals surface area contributed by atoms with Gasteiger partial charge in [0.1, 0.15) is 18.5 Å². The fraction of sp³-hybridized carbons (Fsp3) is 0.217. The van der Waals surface area contributed by atoms with Crippen molar-refractivity contribution in [3.05, 3.63) is 94.5 Å². The SMILES string of the molecule is Nc1cc[15n](C2O[C@H](COC(=O)c3ccccc3)[C@@H](OC(=O)c3ccccc3)C2(F)F)[13c](=O)[15n]1. The summed E-state index contributed by atoms with van der Waals surface area (Å²) in [5.74, 6) is -5.86. The van der Waals surface area contributed by atoms with Crippen molar-refractivity contribution in [1.29, 1.82) is 0 Å². The highest BCUT2D eigenvalue weighted by molar-refractivity contribution is 5.90.